The summed E-state index contributed by atoms with van der Waals surface area (Å²) in [5.74, 6) is 0.336. The lowest BCUT2D eigenvalue weighted by atomic mass is 9.75. The predicted octanol–water partition coefficient (Wildman–Crippen LogP) is 5.03. The van der Waals surface area contributed by atoms with Gasteiger partial charge in [-0.3, -0.25) is 0 Å². The molecule has 0 saturated heterocycles. The number of hydrogen-bond donors (Lipinski definition) is 2. The third-order valence-corrected chi connectivity index (χ3v) is 4.38. The van der Waals surface area contributed by atoms with E-state index in [2.05, 4.69) is 0 Å². The highest BCUT2D eigenvalue weighted by Gasteiger charge is 2.26. The molecule has 3 rings (SSSR count). The average molecular weight is 377 g/mol. The Morgan fingerprint density at radius 3 is 2.42 bits per heavy atom. The van der Waals surface area contributed by atoms with E-state index in [1.165, 1.54) is 12.1 Å². The van der Waals surface area contributed by atoms with E-state index in [1.54, 1.807) is 30.3 Å². The summed E-state index contributed by atoms with van der Waals surface area (Å²) in [6, 6.07) is 11.4. The van der Waals surface area contributed by atoms with Gasteiger partial charge in [0.1, 0.15) is 18.2 Å². The summed E-state index contributed by atoms with van der Waals surface area (Å²) in [4.78, 5) is 0. The number of halogens is 2. The molecule has 0 saturated carbocycles. The van der Waals surface area contributed by atoms with Crippen LogP contribution in [0.3, 0.4) is 0 Å². The van der Waals surface area contributed by atoms with Crippen LogP contribution in [0.1, 0.15) is 44.2 Å². The average Bonchev–Trinajstić information content (AvgIpc) is 3.13. The molecule has 0 fully saturated rings. The topological polar surface area (TPSA) is 49.7 Å². The molecule has 138 valence electrons. The first-order valence-electron chi connectivity index (χ1n) is 8.80. The van der Waals surface area contributed by atoms with Crippen molar-refractivity contribution >= 4 is 24.3 Å². The van der Waals surface area contributed by atoms with Gasteiger partial charge in [-0.15, -0.1) is 0 Å². The van der Waals surface area contributed by atoms with Crippen LogP contribution in [0.25, 0.3) is 5.57 Å². The Labute approximate surface area is 159 Å². The lowest BCUT2D eigenvalue weighted by molar-refractivity contribution is 0.305. The smallest absolute Gasteiger partial charge is 0.484 e. The molecule has 6 heteroatoms. The highest BCUT2D eigenvalue weighted by atomic mass is 35.5. The van der Waals surface area contributed by atoms with Gasteiger partial charge in [-0.25, -0.2) is 4.39 Å². The van der Waals surface area contributed by atoms with Gasteiger partial charge in [-0.2, -0.15) is 0 Å². The molecule has 0 aliphatic heterocycles. The maximum atomic E-state index is 13.0. The van der Waals surface area contributed by atoms with E-state index < -0.39 is 7.12 Å². The second-order valence-corrected chi connectivity index (χ2v) is 6.22. The van der Waals surface area contributed by atoms with E-state index in [4.69, 9.17) is 16.3 Å². The highest BCUT2D eigenvalue weighted by Crippen LogP contribution is 2.39. The van der Waals surface area contributed by atoms with Gasteiger partial charge in [0.05, 0.1) is 0 Å². The summed E-state index contributed by atoms with van der Waals surface area (Å²) in [7, 11) is -1.47. The molecule has 26 heavy (non-hydrogen) atoms. The SMILES string of the molecule is CC.OB(O)C1=C(c2cc(Cl)ccc2OCc2ccc(F)cc2)CCC1. The zero-order chi connectivity index (χ0) is 19.1. The Morgan fingerprint density at radius 1 is 1.08 bits per heavy atom. The van der Waals surface area contributed by atoms with Gasteiger partial charge in [0, 0.05) is 10.6 Å². The number of ether oxygens (including phenoxy) is 1. The van der Waals surface area contributed by atoms with Gasteiger partial charge < -0.3 is 14.8 Å². The monoisotopic (exact) mass is 376 g/mol. The largest absolute Gasteiger partial charge is 0.488 e. The molecule has 0 aromatic heterocycles. The van der Waals surface area contributed by atoms with Gasteiger partial charge in [0.15, 0.2) is 0 Å². The third kappa shape index (κ3) is 5.10. The van der Waals surface area contributed by atoms with Gasteiger partial charge in [-0.05, 0) is 66.2 Å². The lowest BCUT2D eigenvalue weighted by Gasteiger charge is -2.15. The quantitative estimate of drug-likeness (QED) is 0.719. The zero-order valence-electron chi connectivity index (χ0n) is 15.0. The second kappa shape index (κ2) is 9.76. The van der Waals surface area contributed by atoms with Gasteiger partial charge in [-0.1, -0.05) is 37.6 Å². The molecule has 0 amide bonds. The zero-order valence-corrected chi connectivity index (χ0v) is 15.8. The molecule has 2 aromatic rings. The molecule has 1 aliphatic rings. The Bertz CT molecular complexity index is 760. The van der Waals surface area contributed by atoms with Crippen molar-refractivity contribution < 1.29 is 19.2 Å². The van der Waals surface area contributed by atoms with E-state index >= 15 is 0 Å². The van der Waals surface area contributed by atoms with Crippen LogP contribution < -0.4 is 4.74 Å². The van der Waals surface area contributed by atoms with Crippen molar-refractivity contribution in [1.82, 2.24) is 0 Å². The summed E-state index contributed by atoms with van der Waals surface area (Å²) in [6.45, 7) is 4.29. The van der Waals surface area contributed by atoms with Crippen molar-refractivity contribution in [3.05, 3.63) is 69.9 Å². The first kappa shape index (κ1) is 20.5. The fraction of sp³-hybridized carbons (Fsp3) is 0.300. The molecular formula is C20H23BClFO3. The van der Waals surface area contributed by atoms with Crippen LogP contribution in [0.2, 0.25) is 5.02 Å². The van der Waals surface area contributed by atoms with Crippen molar-refractivity contribution in [2.45, 2.75) is 39.7 Å². The number of hydrogen-bond acceptors (Lipinski definition) is 3. The van der Waals surface area contributed by atoms with Crippen molar-refractivity contribution in [1.29, 1.82) is 0 Å². The Morgan fingerprint density at radius 2 is 1.77 bits per heavy atom. The van der Waals surface area contributed by atoms with Gasteiger partial charge >= 0.3 is 7.12 Å². The summed E-state index contributed by atoms with van der Waals surface area (Å²) >= 11 is 6.11. The van der Waals surface area contributed by atoms with Crippen LogP contribution in [0, 0.1) is 5.82 Å². The molecule has 0 unspecified atom stereocenters. The molecule has 0 heterocycles. The van der Waals surface area contributed by atoms with Gasteiger partial charge in [0.25, 0.3) is 0 Å². The molecule has 0 bridgehead atoms. The minimum absolute atomic E-state index is 0.288. The van der Waals surface area contributed by atoms with Crippen LogP contribution >= 0.6 is 11.6 Å². The number of benzene rings is 2. The minimum Gasteiger partial charge on any atom is -0.488 e. The molecule has 2 aromatic carbocycles. The first-order chi connectivity index (χ1) is 12.5. The normalized spacial score (nSPS) is 13.3. The Hall–Kier alpha value is -1.82. The Kier molecular flexibility index (Phi) is 7.70. The predicted molar refractivity (Wildman–Crippen MR) is 104 cm³/mol. The van der Waals surface area contributed by atoms with Crippen LogP contribution in [0.4, 0.5) is 4.39 Å². The fourth-order valence-corrected chi connectivity index (χ4v) is 3.14. The molecule has 0 radical (unpaired) electrons. The van der Waals surface area contributed by atoms with E-state index in [-0.39, 0.29) is 5.82 Å². The summed E-state index contributed by atoms with van der Waals surface area (Å²) in [5, 5.41) is 19.7. The molecular weight excluding hydrogens is 353 g/mol. The third-order valence-electron chi connectivity index (χ3n) is 4.15. The number of allylic oxidation sites excluding steroid dienone is 2. The highest BCUT2D eigenvalue weighted by molar-refractivity contribution is 6.52. The molecule has 2 N–H and O–H groups in total. The van der Waals surface area contributed by atoms with Crippen molar-refractivity contribution in [3.8, 4) is 5.75 Å². The van der Waals surface area contributed by atoms with Crippen LogP contribution in [-0.2, 0) is 6.61 Å². The van der Waals surface area contributed by atoms with Crippen molar-refractivity contribution in [2.24, 2.45) is 0 Å². The standard InChI is InChI=1S/C18H17BClFO3.C2H6/c20-13-6-9-18(24-11-12-4-7-14(21)8-5-12)16(10-13)15-2-1-3-17(15)19(22)23;1-2/h4-10,22-23H,1-3,11H2;1-2H3. The van der Waals surface area contributed by atoms with Crippen LogP contribution in [0.15, 0.2) is 47.9 Å². The van der Waals surface area contributed by atoms with Crippen LogP contribution in [-0.4, -0.2) is 17.2 Å². The molecule has 3 nitrogen and oxygen atoms in total. The summed E-state index contributed by atoms with van der Waals surface area (Å²) in [6.07, 6.45) is 2.27. The van der Waals surface area contributed by atoms with E-state index in [0.717, 1.165) is 29.5 Å². The first-order valence-corrected chi connectivity index (χ1v) is 9.17. The van der Waals surface area contributed by atoms with E-state index in [1.807, 2.05) is 13.8 Å². The van der Waals surface area contributed by atoms with E-state index in [0.29, 0.717) is 29.3 Å². The Balaban J connectivity index is 0.00000117. The van der Waals surface area contributed by atoms with Gasteiger partial charge in [0.2, 0.25) is 0 Å². The molecule has 1 aliphatic carbocycles. The van der Waals surface area contributed by atoms with E-state index in [9.17, 15) is 14.4 Å². The molecule has 0 spiro atoms. The van der Waals surface area contributed by atoms with Crippen molar-refractivity contribution in [3.63, 3.8) is 0 Å². The second-order valence-electron chi connectivity index (χ2n) is 5.79. The summed E-state index contributed by atoms with van der Waals surface area (Å²) in [5.41, 5.74) is 3.12. The fourth-order valence-electron chi connectivity index (χ4n) is 2.97. The maximum absolute atomic E-state index is 13.0. The molecule has 0 atom stereocenters. The number of rotatable bonds is 5. The maximum Gasteiger partial charge on any atom is 0.484 e. The summed E-state index contributed by atoms with van der Waals surface area (Å²) < 4.78 is 18.9. The van der Waals surface area contributed by atoms with Crippen LogP contribution in [0.5, 0.6) is 5.75 Å². The lowest BCUT2D eigenvalue weighted by Crippen LogP contribution is -2.15. The van der Waals surface area contributed by atoms with Crippen molar-refractivity contribution in [2.75, 3.05) is 0 Å². The minimum atomic E-state index is -1.47.